The largest absolute Gasteiger partial charge is 0.338 e. The molecule has 2 heterocycles. The smallest absolute Gasteiger partial charge is 0.256 e. The van der Waals surface area contributed by atoms with Gasteiger partial charge in [0.2, 0.25) is 0 Å². The number of nitrogens with one attached hydrogen (secondary N) is 2. The van der Waals surface area contributed by atoms with E-state index in [1.54, 1.807) is 12.4 Å². The third kappa shape index (κ3) is 2.13. The van der Waals surface area contributed by atoms with Crippen LogP contribution in [0.1, 0.15) is 26.3 Å². The molecule has 0 aromatic carbocycles. The van der Waals surface area contributed by atoms with E-state index >= 15 is 0 Å². The van der Waals surface area contributed by atoms with Gasteiger partial charge in [-0.2, -0.15) is 0 Å². The predicted octanol–water partition coefficient (Wildman–Crippen LogP) is 0.781. The molecule has 1 aromatic rings. The summed E-state index contributed by atoms with van der Waals surface area (Å²) < 4.78 is 0. The van der Waals surface area contributed by atoms with E-state index in [0.717, 1.165) is 5.56 Å². The zero-order chi connectivity index (χ0) is 12.5. The Hall–Kier alpha value is -1.91. The summed E-state index contributed by atoms with van der Waals surface area (Å²) in [6.45, 7) is 5.74. The molecule has 2 rings (SSSR count). The second-order valence-corrected chi connectivity index (χ2v) is 4.52. The zero-order valence-electron chi connectivity index (χ0n) is 10.2. The fraction of sp³-hybridized carbons (Fsp3) is 0.417. The number of rotatable bonds is 2. The number of nitrogens with zero attached hydrogens (tertiary/aromatic N) is 2. The average molecular weight is 232 g/mol. The Morgan fingerprint density at radius 3 is 2.82 bits per heavy atom. The predicted molar refractivity (Wildman–Crippen MR) is 65.4 cm³/mol. The van der Waals surface area contributed by atoms with Crippen LogP contribution in [0.5, 0.6) is 0 Å². The molecule has 1 aromatic heterocycles. The third-order valence-corrected chi connectivity index (χ3v) is 2.68. The van der Waals surface area contributed by atoms with Crippen molar-refractivity contribution in [3.05, 3.63) is 30.1 Å². The summed E-state index contributed by atoms with van der Waals surface area (Å²) in [5.74, 6) is 0.418. The van der Waals surface area contributed by atoms with Gasteiger partial charge in [0, 0.05) is 24.0 Å². The summed E-state index contributed by atoms with van der Waals surface area (Å²) >= 11 is 0. The molecule has 0 aliphatic carbocycles. The number of aliphatic imine (C=N–C) groups is 1. The molecule has 1 fully saturated rings. The number of carbonyl (C=O) groups is 1. The third-order valence-electron chi connectivity index (χ3n) is 2.68. The first-order valence-electron chi connectivity index (χ1n) is 5.60. The van der Waals surface area contributed by atoms with Crippen molar-refractivity contribution in [2.24, 2.45) is 4.99 Å². The van der Waals surface area contributed by atoms with E-state index < -0.39 is 5.54 Å². The first kappa shape index (κ1) is 11.6. The SMILES string of the molecule is CC(C)N=C1NC(=O)C(C)(c2cccnc2)N1. The molecule has 1 saturated heterocycles. The second kappa shape index (κ2) is 4.16. The molecule has 5 nitrogen and oxygen atoms in total. The maximum Gasteiger partial charge on any atom is 0.256 e. The number of aromatic nitrogens is 1. The van der Waals surface area contributed by atoms with Crippen LogP contribution in [0.4, 0.5) is 0 Å². The molecule has 0 spiro atoms. The summed E-state index contributed by atoms with van der Waals surface area (Å²) in [5.41, 5.74) is 0.0357. The van der Waals surface area contributed by atoms with Crippen LogP contribution in [0.2, 0.25) is 0 Å². The molecule has 5 heteroatoms. The molecule has 0 bridgehead atoms. The molecule has 90 valence electrons. The van der Waals surface area contributed by atoms with Gasteiger partial charge in [-0.15, -0.1) is 0 Å². The minimum atomic E-state index is -0.790. The highest BCUT2D eigenvalue weighted by molar-refractivity contribution is 6.09. The number of hydrogen-bond acceptors (Lipinski definition) is 3. The Morgan fingerprint density at radius 2 is 2.24 bits per heavy atom. The molecule has 2 N–H and O–H groups in total. The minimum Gasteiger partial charge on any atom is -0.338 e. The Balaban J connectivity index is 2.31. The van der Waals surface area contributed by atoms with Crippen molar-refractivity contribution in [1.82, 2.24) is 15.6 Å². The molecular weight excluding hydrogens is 216 g/mol. The molecular formula is C12H16N4O. The number of carbonyl (C=O) groups excluding carboxylic acids is 1. The maximum atomic E-state index is 12.0. The number of hydrogen-bond donors (Lipinski definition) is 2. The van der Waals surface area contributed by atoms with Gasteiger partial charge in [0.1, 0.15) is 5.54 Å². The molecule has 1 aliphatic rings. The van der Waals surface area contributed by atoms with Crippen molar-refractivity contribution >= 4 is 11.9 Å². The van der Waals surface area contributed by atoms with E-state index in [4.69, 9.17) is 0 Å². The van der Waals surface area contributed by atoms with Crippen LogP contribution in [0, 0.1) is 0 Å². The first-order chi connectivity index (χ1) is 8.02. The summed E-state index contributed by atoms with van der Waals surface area (Å²) in [4.78, 5) is 20.3. The van der Waals surface area contributed by atoms with Gasteiger partial charge in [-0.05, 0) is 26.8 Å². The lowest BCUT2D eigenvalue weighted by Gasteiger charge is -2.20. The van der Waals surface area contributed by atoms with Crippen molar-refractivity contribution < 1.29 is 4.79 Å². The molecule has 1 unspecified atom stereocenters. The lowest BCUT2D eigenvalue weighted by Crippen LogP contribution is -2.40. The standard InChI is InChI=1S/C12H16N4O/c1-8(2)14-11-15-10(17)12(3,16-11)9-5-4-6-13-7-9/h4-8H,1-3H3,(H2,14,15,16,17). The Morgan fingerprint density at radius 1 is 1.47 bits per heavy atom. The maximum absolute atomic E-state index is 12.0. The summed E-state index contributed by atoms with van der Waals surface area (Å²) in [6.07, 6.45) is 3.37. The molecule has 0 saturated carbocycles. The average Bonchev–Trinajstić information content (AvgIpc) is 2.56. The second-order valence-electron chi connectivity index (χ2n) is 4.52. The van der Waals surface area contributed by atoms with Crippen molar-refractivity contribution in [2.75, 3.05) is 0 Å². The highest BCUT2D eigenvalue weighted by atomic mass is 16.2. The van der Waals surface area contributed by atoms with Gasteiger partial charge < -0.3 is 5.32 Å². The summed E-state index contributed by atoms with van der Waals surface area (Å²) in [7, 11) is 0. The Kier molecular flexibility index (Phi) is 2.83. The van der Waals surface area contributed by atoms with Crippen LogP contribution in [0.15, 0.2) is 29.5 Å². The van der Waals surface area contributed by atoms with Gasteiger partial charge in [0.25, 0.3) is 5.91 Å². The first-order valence-corrected chi connectivity index (χ1v) is 5.60. The minimum absolute atomic E-state index is 0.107. The number of pyridine rings is 1. The highest BCUT2D eigenvalue weighted by Gasteiger charge is 2.42. The van der Waals surface area contributed by atoms with E-state index in [-0.39, 0.29) is 11.9 Å². The van der Waals surface area contributed by atoms with E-state index in [2.05, 4.69) is 20.6 Å². The van der Waals surface area contributed by atoms with Crippen molar-refractivity contribution in [2.45, 2.75) is 32.4 Å². The monoisotopic (exact) mass is 232 g/mol. The van der Waals surface area contributed by atoms with E-state index in [1.165, 1.54) is 0 Å². The summed E-state index contributed by atoms with van der Waals surface area (Å²) in [6, 6.07) is 3.82. The van der Waals surface area contributed by atoms with Crippen LogP contribution in [-0.4, -0.2) is 22.9 Å². The van der Waals surface area contributed by atoms with Crippen LogP contribution in [0.3, 0.4) is 0 Å². The van der Waals surface area contributed by atoms with Crippen LogP contribution in [0.25, 0.3) is 0 Å². The van der Waals surface area contributed by atoms with Crippen molar-refractivity contribution in [1.29, 1.82) is 0 Å². The molecule has 0 radical (unpaired) electrons. The Bertz CT molecular complexity index is 455. The lowest BCUT2D eigenvalue weighted by atomic mass is 9.94. The number of guanidine groups is 1. The van der Waals surface area contributed by atoms with Crippen LogP contribution in [-0.2, 0) is 10.3 Å². The van der Waals surface area contributed by atoms with Gasteiger partial charge in [0.15, 0.2) is 5.96 Å². The zero-order valence-corrected chi connectivity index (χ0v) is 10.2. The summed E-state index contributed by atoms with van der Waals surface area (Å²) in [5, 5.41) is 5.86. The van der Waals surface area contributed by atoms with Gasteiger partial charge in [-0.25, -0.2) is 0 Å². The lowest BCUT2D eigenvalue weighted by molar-refractivity contribution is -0.123. The quantitative estimate of drug-likeness (QED) is 0.792. The van der Waals surface area contributed by atoms with Gasteiger partial charge in [-0.1, -0.05) is 6.07 Å². The highest BCUT2D eigenvalue weighted by Crippen LogP contribution is 2.23. The van der Waals surface area contributed by atoms with Gasteiger partial charge >= 0.3 is 0 Å². The topological polar surface area (TPSA) is 66.4 Å². The van der Waals surface area contributed by atoms with E-state index in [1.807, 2.05) is 32.9 Å². The van der Waals surface area contributed by atoms with E-state index in [9.17, 15) is 4.79 Å². The molecule has 1 amide bonds. The van der Waals surface area contributed by atoms with Crippen molar-refractivity contribution in [3.63, 3.8) is 0 Å². The van der Waals surface area contributed by atoms with Crippen molar-refractivity contribution in [3.8, 4) is 0 Å². The van der Waals surface area contributed by atoms with E-state index in [0.29, 0.717) is 5.96 Å². The Labute approximate surface area is 100 Å². The normalized spacial score (nSPS) is 26.1. The number of amides is 1. The fourth-order valence-corrected chi connectivity index (χ4v) is 1.74. The van der Waals surface area contributed by atoms with Gasteiger partial charge in [0.05, 0.1) is 0 Å². The van der Waals surface area contributed by atoms with Gasteiger partial charge in [-0.3, -0.25) is 20.1 Å². The van der Waals surface area contributed by atoms with Crippen LogP contribution >= 0.6 is 0 Å². The molecule has 1 aliphatic heterocycles. The van der Waals surface area contributed by atoms with Crippen LogP contribution < -0.4 is 10.6 Å². The molecule has 17 heavy (non-hydrogen) atoms. The molecule has 1 atom stereocenters. The fourth-order valence-electron chi connectivity index (χ4n) is 1.74.